The summed E-state index contributed by atoms with van der Waals surface area (Å²) in [6.45, 7) is 0. The summed E-state index contributed by atoms with van der Waals surface area (Å²) < 4.78 is 16.1. The third-order valence-corrected chi connectivity index (χ3v) is 4.38. The van der Waals surface area contributed by atoms with E-state index in [2.05, 4.69) is 0 Å². The molecule has 0 atom stereocenters. The van der Waals surface area contributed by atoms with Crippen molar-refractivity contribution in [2.45, 2.75) is 0 Å². The Bertz CT molecular complexity index is 814. The van der Waals surface area contributed by atoms with E-state index in [-0.39, 0.29) is 0 Å². The molecule has 2 aromatic carbocycles. The molecule has 0 aliphatic rings. The van der Waals surface area contributed by atoms with E-state index < -0.39 is 0 Å². The van der Waals surface area contributed by atoms with Gasteiger partial charge in [-0.15, -0.1) is 11.3 Å². The number of hydrogen-bond acceptors (Lipinski definition) is 5. The van der Waals surface area contributed by atoms with Crippen LogP contribution in [0.2, 0.25) is 0 Å². The van der Waals surface area contributed by atoms with Crippen molar-refractivity contribution in [1.29, 1.82) is 0 Å². The minimum Gasteiger partial charge on any atom is -0.497 e. The van der Waals surface area contributed by atoms with Crippen molar-refractivity contribution in [3.63, 3.8) is 0 Å². The first-order chi connectivity index (χ1) is 11.3. The Labute approximate surface area is 139 Å². The molecule has 23 heavy (non-hydrogen) atoms. The number of ether oxygens (including phenoxy) is 3. The second kappa shape index (κ2) is 6.71. The highest BCUT2D eigenvalue weighted by Gasteiger charge is 2.15. The van der Waals surface area contributed by atoms with Crippen LogP contribution in [0.5, 0.6) is 17.2 Å². The molecule has 5 heteroatoms. The Morgan fingerprint density at radius 1 is 0.913 bits per heavy atom. The van der Waals surface area contributed by atoms with Gasteiger partial charge in [0.1, 0.15) is 10.8 Å². The summed E-state index contributed by atoms with van der Waals surface area (Å²) in [5, 5.41) is 2.92. The molecule has 0 N–H and O–H groups in total. The second-order valence-electron chi connectivity index (χ2n) is 4.81. The van der Waals surface area contributed by atoms with Crippen LogP contribution in [0.25, 0.3) is 21.8 Å². The van der Waals surface area contributed by atoms with Gasteiger partial charge in [0.05, 0.1) is 32.6 Å². The molecule has 0 unspecified atom stereocenters. The van der Waals surface area contributed by atoms with Crippen LogP contribution in [-0.2, 0) is 0 Å². The third kappa shape index (κ3) is 3.00. The topological polar surface area (TPSA) is 40.6 Å². The molecule has 1 heterocycles. The molecule has 0 aliphatic heterocycles. The minimum atomic E-state index is 0.696. The Morgan fingerprint density at radius 3 is 2.48 bits per heavy atom. The van der Waals surface area contributed by atoms with Gasteiger partial charge in [-0.3, -0.25) is 0 Å². The summed E-state index contributed by atoms with van der Waals surface area (Å²) in [4.78, 5) is 4.74. The molecule has 118 valence electrons. The minimum absolute atomic E-state index is 0.696. The highest BCUT2D eigenvalue weighted by Crippen LogP contribution is 2.40. The maximum atomic E-state index is 5.49. The lowest BCUT2D eigenvalue weighted by Gasteiger charge is -2.10. The van der Waals surface area contributed by atoms with Crippen molar-refractivity contribution in [3.8, 4) is 39.1 Å². The van der Waals surface area contributed by atoms with Crippen molar-refractivity contribution in [2.75, 3.05) is 21.3 Å². The molecule has 3 aromatic rings. The standard InChI is InChI=1S/C18H17NO3S/c1-20-13-7-4-6-12(10-13)15-11-23-18(19-15)14-8-5-9-16(21-2)17(14)22-3/h4-11H,1-3H3. The fourth-order valence-corrected chi connectivity index (χ4v) is 3.22. The molecule has 0 spiro atoms. The monoisotopic (exact) mass is 327 g/mol. The first-order valence-electron chi connectivity index (χ1n) is 7.08. The van der Waals surface area contributed by atoms with E-state index in [1.165, 1.54) is 0 Å². The predicted octanol–water partition coefficient (Wildman–Crippen LogP) is 4.50. The molecule has 0 fully saturated rings. The molecular weight excluding hydrogens is 310 g/mol. The highest BCUT2D eigenvalue weighted by atomic mass is 32.1. The van der Waals surface area contributed by atoms with E-state index >= 15 is 0 Å². The molecule has 0 radical (unpaired) electrons. The number of hydrogen-bond donors (Lipinski definition) is 0. The lowest BCUT2D eigenvalue weighted by molar-refractivity contribution is 0.356. The van der Waals surface area contributed by atoms with Gasteiger partial charge in [-0.05, 0) is 24.3 Å². The van der Waals surface area contributed by atoms with Crippen molar-refractivity contribution in [1.82, 2.24) is 4.98 Å². The first-order valence-corrected chi connectivity index (χ1v) is 7.96. The average Bonchev–Trinajstić information content (AvgIpc) is 3.10. The molecule has 3 rings (SSSR count). The molecule has 0 amide bonds. The van der Waals surface area contributed by atoms with Crippen LogP contribution in [-0.4, -0.2) is 26.3 Å². The predicted molar refractivity (Wildman–Crippen MR) is 92.6 cm³/mol. The Balaban J connectivity index is 2.02. The van der Waals surface area contributed by atoms with E-state index in [9.17, 15) is 0 Å². The lowest BCUT2D eigenvalue weighted by Crippen LogP contribution is -1.93. The largest absolute Gasteiger partial charge is 0.497 e. The average molecular weight is 327 g/mol. The zero-order chi connectivity index (χ0) is 16.2. The normalized spacial score (nSPS) is 10.4. The highest BCUT2D eigenvalue weighted by molar-refractivity contribution is 7.13. The number of methoxy groups -OCH3 is 3. The first kappa shape index (κ1) is 15.4. The van der Waals surface area contributed by atoms with Crippen LogP contribution in [0, 0.1) is 0 Å². The SMILES string of the molecule is COc1cccc(-c2csc(-c3cccc(OC)c3OC)n2)c1. The van der Waals surface area contributed by atoms with Crippen molar-refractivity contribution in [2.24, 2.45) is 0 Å². The van der Waals surface area contributed by atoms with Gasteiger partial charge >= 0.3 is 0 Å². The number of rotatable bonds is 5. The quantitative estimate of drug-likeness (QED) is 0.691. The van der Waals surface area contributed by atoms with Crippen LogP contribution in [0.15, 0.2) is 47.8 Å². The smallest absolute Gasteiger partial charge is 0.170 e. The second-order valence-corrected chi connectivity index (χ2v) is 5.67. The van der Waals surface area contributed by atoms with Crippen molar-refractivity contribution < 1.29 is 14.2 Å². The van der Waals surface area contributed by atoms with E-state index in [4.69, 9.17) is 19.2 Å². The van der Waals surface area contributed by atoms with Gasteiger partial charge in [-0.2, -0.15) is 0 Å². The summed E-state index contributed by atoms with van der Waals surface area (Å²) in [6, 6.07) is 13.7. The van der Waals surface area contributed by atoms with Gasteiger partial charge in [0.25, 0.3) is 0 Å². The molecular formula is C18H17NO3S. The van der Waals surface area contributed by atoms with Crippen LogP contribution in [0.3, 0.4) is 0 Å². The number of thiazole rings is 1. The fraction of sp³-hybridized carbons (Fsp3) is 0.167. The number of para-hydroxylation sites is 1. The van der Waals surface area contributed by atoms with Crippen LogP contribution in [0.4, 0.5) is 0 Å². The van der Waals surface area contributed by atoms with Gasteiger partial charge < -0.3 is 14.2 Å². The Morgan fingerprint density at radius 2 is 1.74 bits per heavy atom. The van der Waals surface area contributed by atoms with E-state index in [0.717, 1.165) is 27.6 Å². The Kier molecular flexibility index (Phi) is 4.48. The molecule has 0 saturated heterocycles. The maximum absolute atomic E-state index is 5.49. The number of nitrogens with zero attached hydrogens (tertiary/aromatic N) is 1. The number of aromatic nitrogens is 1. The zero-order valence-electron chi connectivity index (χ0n) is 13.2. The van der Waals surface area contributed by atoms with Gasteiger partial charge in [0.15, 0.2) is 11.5 Å². The summed E-state index contributed by atoms with van der Waals surface area (Å²) in [7, 11) is 4.93. The summed E-state index contributed by atoms with van der Waals surface area (Å²) >= 11 is 1.57. The van der Waals surface area contributed by atoms with Gasteiger partial charge in [-0.1, -0.05) is 18.2 Å². The van der Waals surface area contributed by atoms with Gasteiger partial charge in [-0.25, -0.2) is 4.98 Å². The maximum Gasteiger partial charge on any atom is 0.170 e. The van der Waals surface area contributed by atoms with Crippen molar-refractivity contribution >= 4 is 11.3 Å². The molecule has 0 aliphatic carbocycles. The van der Waals surface area contributed by atoms with E-state index in [1.54, 1.807) is 32.7 Å². The molecule has 4 nitrogen and oxygen atoms in total. The summed E-state index contributed by atoms with van der Waals surface area (Å²) in [5.41, 5.74) is 2.86. The van der Waals surface area contributed by atoms with E-state index in [1.807, 2.05) is 47.8 Å². The summed E-state index contributed by atoms with van der Waals surface area (Å²) in [5.74, 6) is 2.21. The zero-order valence-corrected chi connectivity index (χ0v) is 14.0. The third-order valence-electron chi connectivity index (χ3n) is 3.50. The van der Waals surface area contributed by atoms with Crippen LogP contribution in [0.1, 0.15) is 0 Å². The van der Waals surface area contributed by atoms with Gasteiger partial charge in [0, 0.05) is 10.9 Å². The summed E-state index contributed by atoms with van der Waals surface area (Å²) in [6.07, 6.45) is 0. The van der Waals surface area contributed by atoms with Crippen molar-refractivity contribution in [3.05, 3.63) is 47.8 Å². The fourth-order valence-electron chi connectivity index (χ4n) is 2.37. The Hall–Kier alpha value is -2.53. The van der Waals surface area contributed by atoms with Crippen LogP contribution >= 0.6 is 11.3 Å². The molecule has 1 aromatic heterocycles. The molecule has 0 saturated carbocycles. The van der Waals surface area contributed by atoms with E-state index in [0.29, 0.717) is 11.5 Å². The van der Waals surface area contributed by atoms with Crippen LogP contribution < -0.4 is 14.2 Å². The van der Waals surface area contributed by atoms with Gasteiger partial charge in [0.2, 0.25) is 0 Å². The number of benzene rings is 2. The molecule has 0 bridgehead atoms. The lowest BCUT2D eigenvalue weighted by atomic mass is 10.1.